The predicted octanol–water partition coefficient (Wildman–Crippen LogP) is 4.91. The lowest BCUT2D eigenvalue weighted by atomic mass is 9.84. The zero-order valence-corrected chi connectivity index (χ0v) is 17.9. The summed E-state index contributed by atoms with van der Waals surface area (Å²) in [4.78, 5) is 21.8. The Bertz CT molecular complexity index is 1360. The minimum atomic E-state index is -0.230. The Morgan fingerprint density at radius 3 is 2.36 bits per heavy atom. The fraction of sp³-hybridized carbons (Fsp3) is 0. The van der Waals surface area contributed by atoms with Crippen molar-refractivity contribution in [2.75, 3.05) is 11.2 Å². The van der Waals surface area contributed by atoms with E-state index in [1.807, 2.05) is 0 Å². The number of aromatic amines is 1. The van der Waals surface area contributed by atoms with E-state index in [0.717, 1.165) is 16.9 Å². The van der Waals surface area contributed by atoms with Crippen LogP contribution < -0.4 is 11.2 Å². The maximum absolute atomic E-state index is 13.2. The molecule has 164 valence electrons. The quantitative estimate of drug-likeness (QED) is 0.0802. The number of carbonyl (C=O) groups is 1. The van der Waals surface area contributed by atoms with E-state index in [-0.39, 0.29) is 22.9 Å². The molecule has 0 atom stereocenters. The van der Waals surface area contributed by atoms with Crippen LogP contribution in [-0.2, 0) is 9.32 Å². The summed E-state index contributed by atoms with van der Waals surface area (Å²) in [5.74, 6) is -0.427. The molecule has 0 radical (unpaired) electrons. The van der Waals surface area contributed by atoms with Gasteiger partial charge in [-0.15, -0.1) is 9.32 Å². The molecule has 0 unspecified atom stereocenters. The van der Waals surface area contributed by atoms with E-state index in [2.05, 4.69) is 10.5 Å². The van der Waals surface area contributed by atoms with Gasteiger partial charge in [0.05, 0.1) is 40.3 Å². The third-order valence-electron chi connectivity index (χ3n) is 5.28. The largest absolute Gasteiger partial charge is 0.494 e. The summed E-state index contributed by atoms with van der Waals surface area (Å²) in [6.45, 7) is 0. The van der Waals surface area contributed by atoms with Gasteiger partial charge in [-0.05, 0) is 42.0 Å². The minimum Gasteiger partial charge on any atom is -0.494 e. The molecule has 4 aromatic rings. The Labute approximate surface area is 193 Å². The number of fused-ring (bicyclic) bond motifs is 2. The Kier molecular flexibility index (Phi) is 5.35. The molecule has 1 aromatic heterocycles. The molecule has 0 bridgehead atoms. The van der Waals surface area contributed by atoms with Crippen molar-refractivity contribution < 1.29 is 19.2 Å². The van der Waals surface area contributed by atoms with Crippen molar-refractivity contribution in [3.8, 4) is 17.1 Å². The van der Waals surface area contributed by atoms with Gasteiger partial charge in [-0.1, -0.05) is 36.4 Å². The van der Waals surface area contributed by atoms with Crippen LogP contribution in [0.3, 0.4) is 0 Å². The Morgan fingerprint density at radius 1 is 0.939 bits per heavy atom. The van der Waals surface area contributed by atoms with Gasteiger partial charge < -0.3 is 15.8 Å². The average molecular weight is 458 g/mol. The number of aromatic nitrogens is 1. The maximum atomic E-state index is 13.2. The Balaban J connectivity index is 1.31. The second-order valence-corrected chi connectivity index (χ2v) is 8.11. The van der Waals surface area contributed by atoms with Gasteiger partial charge in [-0.3, -0.25) is 10.2 Å². The van der Waals surface area contributed by atoms with Gasteiger partial charge in [0.15, 0.2) is 11.7 Å². The molecule has 3 aromatic carbocycles. The van der Waals surface area contributed by atoms with Gasteiger partial charge in [0, 0.05) is 21.7 Å². The molecule has 9 heteroatoms. The Hall–Kier alpha value is -4.05. The highest BCUT2D eigenvalue weighted by molar-refractivity contribution is 7.94. The van der Waals surface area contributed by atoms with Gasteiger partial charge in [-0.2, -0.15) is 0 Å². The van der Waals surface area contributed by atoms with Crippen LogP contribution in [0.4, 0.5) is 11.4 Å². The van der Waals surface area contributed by atoms with E-state index >= 15 is 0 Å². The molecule has 0 saturated heterocycles. The number of ketones is 1. The molecule has 5 rings (SSSR count). The van der Waals surface area contributed by atoms with E-state index in [4.69, 9.17) is 20.5 Å². The molecule has 1 heterocycles. The normalized spacial score (nSPS) is 12.4. The van der Waals surface area contributed by atoms with Crippen LogP contribution in [0, 0.1) is 5.41 Å². The van der Waals surface area contributed by atoms with E-state index < -0.39 is 0 Å². The van der Waals surface area contributed by atoms with E-state index in [0.29, 0.717) is 39.3 Å². The average Bonchev–Trinajstić information content (AvgIpc) is 3.19. The molecular weight excluding hydrogens is 440 g/mol. The van der Waals surface area contributed by atoms with Crippen LogP contribution in [0.15, 0.2) is 77.7 Å². The molecule has 0 saturated carbocycles. The molecule has 1 aliphatic carbocycles. The lowest BCUT2D eigenvalue weighted by Gasteiger charge is -2.17. The fourth-order valence-electron chi connectivity index (χ4n) is 3.69. The van der Waals surface area contributed by atoms with Crippen LogP contribution in [0.1, 0.15) is 27.0 Å². The number of nitrogens with two attached hydrogens (primary N) is 1. The van der Waals surface area contributed by atoms with Gasteiger partial charge in [0.1, 0.15) is 0 Å². The third-order valence-corrected chi connectivity index (χ3v) is 5.88. The summed E-state index contributed by atoms with van der Waals surface area (Å²) in [6, 6.07) is 21.1. The standard InChI is InChI=1S/C24H18N4O4S/c25-14-7-9-15(10-8-14)28-31-32-33-16-11-5-13(6-12-16)22-20-19(24(30)27-22)21(26)17-3-1-2-4-18(17)23(20)29/h1-12,26-28,30H,25H2. The topological polar surface area (TPSA) is 133 Å². The van der Waals surface area contributed by atoms with Gasteiger partial charge in [0.2, 0.25) is 0 Å². The number of hydrogen-bond acceptors (Lipinski definition) is 8. The summed E-state index contributed by atoms with van der Waals surface area (Å²) < 4.78 is 5.11. The SMILES string of the molecule is N=C1c2ccccc2C(=O)c2c(-c3ccc(SOONc4ccc(N)cc4)cc3)[nH]c(O)c21. The first kappa shape index (κ1) is 20.8. The Morgan fingerprint density at radius 2 is 1.64 bits per heavy atom. The van der Waals surface area contributed by atoms with Gasteiger partial charge in [0.25, 0.3) is 0 Å². The number of benzene rings is 3. The van der Waals surface area contributed by atoms with Gasteiger partial charge >= 0.3 is 0 Å². The van der Waals surface area contributed by atoms with Crippen LogP contribution >= 0.6 is 12.0 Å². The van der Waals surface area contributed by atoms with E-state index in [1.54, 1.807) is 72.8 Å². The highest BCUT2D eigenvalue weighted by Crippen LogP contribution is 2.39. The zero-order chi connectivity index (χ0) is 22.9. The molecule has 0 amide bonds. The lowest BCUT2D eigenvalue weighted by molar-refractivity contribution is -0.161. The lowest BCUT2D eigenvalue weighted by Crippen LogP contribution is -2.19. The zero-order valence-electron chi connectivity index (χ0n) is 17.1. The van der Waals surface area contributed by atoms with Crippen molar-refractivity contribution in [1.82, 2.24) is 4.98 Å². The van der Waals surface area contributed by atoms with Crippen LogP contribution in [0.5, 0.6) is 5.88 Å². The highest BCUT2D eigenvalue weighted by atomic mass is 32.2. The summed E-state index contributed by atoms with van der Waals surface area (Å²) in [7, 11) is 0. The van der Waals surface area contributed by atoms with Crippen molar-refractivity contribution in [2.24, 2.45) is 0 Å². The highest BCUT2D eigenvalue weighted by Gasteiger charge is 2.34. The summed E-state index contributed by atoms with van der Waals surface area (Å²) >= 11 is 1.00. The monoisotopic (exact) mass is 458 g/mol. The molecule has 0 aliphatic heterocycles. The first-order valence-electron chi connectivity index (χ1n) is 9.93. The van der Waals surface area contributed by atoms with Crippen LogP contribution in [-0.4, -0.2) is 21.6 Å². The first-order valence-corrected chi connectivity index (χ1v) is 10.7. The van der Waals surface area contributed by atoms with Crippen molar-refractivity contribution in [1.29, 1.82) is 5.41 Å². The van der Waals surface area contributed by atoms with E-state index in [1.165, 1.54) is 0 Å². The third kappa shape index (κ3) is 3.85. The number of rotatable bonds is 6. The second kappa shape index (κ2) is 8.47. The fourth-order valence-corrected chi connectivity index (χ4v) is 4.09. The van der Waals surface area contributed by atoms with Crippen molar-refractivity contribution >= 4 is 34.9 Å². The minimum absolute atomic E-state index is 0.117. The number of hydrogen-bond donors (Lipinski definition) is 5. The summed E-state index contributed by atoms with van der Waals surface area (Å²) in [5, 5.41) is 18.9. The summed E-state index contributed by atoms with van der Waals surface area (Å²) in [5.41, 5.74) is 12.4. The van der Waals surface area contributed by atoms with Crippen molar-refractivity contribution in [3.05, 3.63) is 95.1 Å². The molecular formula is C24H18N4O4S. The molecule has 8 nitrogen and oxygen atoms in total. The molecule has 0 fully saturated rings. The molecule has 0 spiro atoms. The first-order chi connectivity index (χ1) is 16.0. The number of anilines is 2. The van der Waals surface area contributed by atoms with E-state index in [9.17, 15) is 9.90 Å². The maximum Gasteiger partial charge on any atom is 0.199 e. The number of aromatic hydroxyl groups is 1. The number of carbonyl (C=O) groups excluding carboxylic acids is 1. The smallest absolute Gasteiger partial charge is 0.199 e. The molecule has 1 aliphatic rings. The summed E-state index contributed by atoms with van der Waals surface area (Å²) in [6.07, 6.45) is 0. The number of nitrogens with one attached hydrogen (secondary N) is 3. The van der Waals surface area contributed by atoms with Crippen LogP contribution in [0.2, 0.25) is 0 Å². The second-order valence-electron chi connectivity index (χ2n) is 7.33. The predicted molar refractivity (Wildman–Crippen MR) is 126 cm³/mol. The number of H-pyrrole nitrogens is 1. The van der Waals surface area contributed by atoms with Gasteiger partial charge in [-0.25, -0.2) is 5.48 Å². The van der Waals surface area contributed by atoms with Crippen molar-refractivity contribution in [3.63, 3.8) is 0 Å². The molecule has 33 heavy (non-hydrogen) atoms. The number of nitrogen functional groups attached to an aromatic ring is 1. The van der Waals surface area contributed by atoms with Crippen LogP contribution in [0.25, 0.3) is 11.3 Å². The molecule has 6 N–H and O–H groups in total. The van der Waals surface area contributed by atoms with Crippen molar-refractivity contribution in [2.45, 2.75) is 4.90 Å².